The fourth-order valence-corrected chi connectivity index (χ4v) is 1.73. The van der Waals surface area contributed by atoms with Gasteiger partial charge in [0, 0.05) is 11.3 Å². The van der Waals surface area contributed by atoms with Gasteiger partial charge in [0.15, 0.2) is 0 Å². The van der Waals surface area contributed by atoms with Crippen molar-refractivity contribution in [3.8, 4) is 5.75 Å². The van der Waals surface area contributed by atoms with Gasteiger partial charge in [-0.1, -0.05) is 30.9 Å². The monoisotopic (exact) mass is 253 g/mol. The maximum absolute atomic E-state index is 12.1. The van der Waals surface area contributed by atoms with Crippen LogP contribution in [0.2, 0.25) is 0 Å². The molecular formula is C16H15NO2. The van der Waals surface area contributed by atoms with Gasteiger partial charge >= 0.3 is 0 Å². The van der Waals surface area contributed by atoms with E-state index in [-0.39, 0.29) is 5.91 Å². The lowest BCUT2D eigenvalue weighted by atomic mass is 10.1. The van der Waals surface area contributed by atoms with Gasteiger partial charge in [0.2, 0.25) is 0 Å². The molecule has 0 bridgehead atoms. The van der Waals surface area contributed by atoms with E-state index in [9.17, 15) is 4.79 Å². The Morgan fingerprint density at radius 3 is 2.47 bits per heavy atom. The van der Waals surface area contributed by atoms with Crippen molar-refractivity contribution in [3.63, 3.8) is 0 Å². The van der Waals surface area contributed by atoms with Crippen LogP contribution in [0.5, 0.6) is 5.75 Å². The van der Waals surface area contributed by atoms with E-state index in [1.807, 2.05) is 24.3 Å². The molecule has 3 heteroatoms. The molecule has 3 nitrogen and oxygen atoms in total. The second-order valence-corrected chi connectivity index (χ2v) is 3.97. The highest BCUT2D eigenvalue weighted by molar-refractivity contribution is 6.05. The van der Waals surface area contributed by atoms with Crippen LogP contribution in [0.4, 0.5) is 5.69 Å². The molecule has 0 saturated heterocycles. The first kappa shape index (κ1) is 12.9. The first-order chi connectivity index (χ1) is 9.24. The van der Waals surface area contributed by atoms with Crippen molar-refractivity contribution in [2.45, 2.75) is 0 Å². The van der Waals surface area contributed by atoms with Crippen LogP contribution < -0.4 is 10.1 Å². The van der Waals surface area contributed by atoms with E-state index >= 15 is 0 Å². The molecule has 0 aliphatic rings. The Morgan fingerprint density at radius 2 is 1.84 bits per heavy atom. The van der Waals surface area contributed by atoms with Crippen molar-refractivity contribution < 1.29 is 9.53 Å². The highest BCUT2D eigenvalue weighted by Crippen LogP contribution is 2.18. The molecule has 2 rings (SSSR count). The summed E-state index contributed by atoms with van der Waals surface area (Å²) < 4.78 is 5.06. The van der Waals surface area contributed by atoms with Crippen molar-refractivity contribution >= 4 is 17.7 Å². The Balaban J connectivity index is 2.18. The number of carbonyl (C=O) groups is 1. The molecule has 1 amide bonds. The third-order valence-corrected chi connectivity index (χ3v) is 2.78. The second-order valence-electron chi connectivity index (χ2n) is 3.97. The number of hydrogen-bond donors (Lipinski definition) is 1. The van der Waals surface area contributed by atoms with Crippen LogP contribution in [-0.2, 0) is 0 Å². The molecule has 1 N–H and O–H groups in total. The van der Waals surface area contributed by atoms with E-state index in [0.717, 1.165) is 17.0 Å². The molecule has 0 aliphatic carbocycles. The van der Waals surface area contributed by atoms with Crippen LogP contribution in [0.3, 0.4) is 0 Å². The van der Waals surface area contributed by atoms with E-state index in [1.165, 1.54) is 0 Å². The van der Waals surface area contributed by atoms with Gasteiger partial charge < -0.3 is 10.1 Å². The van der Waals surface area contributed by atoms with Gasteiger partial charge in [0.05, 0.1) is 7.11 Å². The minimum Gasteiger partial charge on any atom is -0.497 e. The summed E-state index contributed by atoms with van der Waals surface area (Å²) in [5.74, 6) is 0.569. The lowest BCUT2D eigenvalue weighted by molar-refractivity contribution is 0.102. The summed E-state index contributed by atoms with van der Waals surface area (Å²) in [5.41, 5.74) is 2.22. The topological polar surface area (TPSA) is 38.3 Å². The van der Waals surface area contributed by atoms with Gasteiger partial charge in [0.1, 0.15) is 5.75 Å². The van der Waals surface area contributed by atoms with Gasteiger partial charge in [-0.25, -0.2) is 0 Å². The fourth-order valence-electron chi connectivity index (χ4n) is 1.73. The van der Waals surface area contributed by atoms with Gasteiger partial charge in [-0.2, -0.15) is 0 Å². The molecule has 2 aromatic rings. The Morgan fingerprint density at radius 1 is 1.16 bits per heavy atom. The summed E-state index contributed by atoms with van der Waals surface area (Å²) >= 11 is 0. The Bertz CT molecular complexity index is 588. The van der Waals surface area contributed by atoms with E-state index in [2.05, 4.69) is 11.9 Å². The zero-order chi connectivity index (χ0) is 13.7. The Labute approximate surface area is 112 Å². The normalized spacial score (nSPS) is 9.74. The quantitative estimate of drug-likeness (QED) is 0.904. The summed E-state index contributed by atoms with van der Waals surface area (Å²) in [6.45, 7) is 3.73. The van der Waals surface area contributed by atoms with E-state index in [4.69, 9.17) is 4.74 Å². The second kappa shape index (κ2) is 5.87. The summed E-state index contributed by atoms with van der Waals surface area (Å²) in [7, 11) is 1.59. The van der Waals surface area contributed by atoms with E-state index in [0.29, 0.717) is 5.56 Å². The SMILES string of the molecule is C=Cc1ccccc1NC(=O)c1ccc(OC)cc1. The molecule has 2 aromatic carbocycles. The van der Waals surface area contributed by atoms with Crippen LogP contribution in [-0.4, -0.2) is 13.0 Å². The maximum atomic E-state index is 12.1. The summed E-state index contributed by atoms with van der Waals surface area (Å²) in [6, 6.07) is 14.5. The lowest BCUT2D eigenvalue weighted by Gasteiger charge is -2.08. The third kappa shape index (κ3) is 3.01. The molecule has 0 fully saturated rings. The lowest BCUT2D eigenvalue weighted by Crippen LogP contribution is -2.12. The molecule has 0 spiro atoms. The molecule has 0 saturated carbocycles. The number of ether oxygens (including phenoxy) is 1. The van der Waals surface area contributed by atoms with Crippen molar-refractivity contribution in [1.82, 2.24) is 0 Å². The van der Waals surface area contributed by atoms with Crippen molar-refractivity contribution in [2.75, 3.05) is 12.4 Å². The van der Waals surface area contributed by atoms with Gasteiger partial charge in [0.25, 0.3) is 5.91 Å². The average molecular weight is 253 g/mol. The Kier molecular flexibility index (Phi) is 3.98. The van der Waals surface area contributed by atoms with Crippen LogP contribution in [0.15, 0.2) is 55.1 Å². The molecule has 96 valence electrons. The fraction of sp³-hybridized carbons (Fsp3) is 0.0625. The first-order valence-corrected chi connectivity index (χ1v) is 5.91. The van der Waals surface area contributed by atoms with Crippen LogP contribution >= 0.6 is 0 Å². The number of anilines is 1. The minimum atomic E-state index is -0.156. The number of nitrogens with one attached hydrogen (secondary N) is 1. The molecule has 0 unspecified atom stereocenters. The minimum absolute atomic E-state index is 0.156. The molecule has 0 aliphatic heterocycles. The summed E-state index contributed by atoms with van der Waals surface area (Å²) in [6.07, 6.45) is 1.71. The van der Waals surface area contributed by atoms with Crippen LogP contribution in [0.1, 0.15) is 15.9 Å². The highest BCUT2D eigenvalue weighted by atomic mass is 16.5. The largest absolute Gasteiger partial charge is 0.497 e. The summed E-state index contributed by atoms with van der Waals surface area (Å²) in [5, 5.41) is 2.86. The molecule has 0 radical (unpaired) electrons. The number of carbonyl (C=O) groups excluding carboxylic acids is 1. The van der Waals surface area contributed by atoms with Crippen molar-refractivity contribution in [1.29, 1.82) is 0 Å². The zero-order valence-electron chi connectivity index (χ0n) is 10.7. The number of hydrogen-bond acceptors (Lipinski definition) is 2. The maximum Gasteiger partial charge on any atom is 0.255 e. The standard InChI is InChI=1S/C16H15NO2/c1-3-12-6-4-5-7-15(12)17-16(18)13-8-10-14(19-2)11-9-13/h3-11H,1H2,2H3,(H,17,18). The predicted octanol–water partition coefficient (Wildman–Crippen LogP) is 3.59. The Hall–Kier alpha value is -2.55. The van der Waals surface area contributed by atoms with Crippen molar-refractivity contribution in [3.05, 3.63) is 66.2 Å². The van der Waals surface area contributed by atoms with E-state index < -0.39 is 0 Å². The van der Waals surface area contributed by atoms with Crippen LogP contribution in [0, 0.1) is 0 Å². The van der Waals surface area contributed by atoms with Gasteiger partial charge in [-0.15, -0.1) is 0 Å². The molecular weight excluding hydrogens is 238 g/mol. The predicted molar refractivity (Wildman–Crippen MR) is 77.5 cm³/mol. The highest BCUT2D eigenvalue weighted by Gasteiger charge is 2.07. The molecule has 0 heterocycles. The smallest absolute Gasteiger partial charge is 0.255 e. The van der Waals surface area contributed by atoms with E-state index in [1.54, 1.807) is 37.5 Å². The zero-order valence-corrected chi connectivity index (χ0v) is 10.7. The first-order valence-electron chi connectivity index (χ1n) is 5.91. The molecule has 0 atom stereocenters. The molecule has 19 heavy (non-hydrogen) atoms. The summed E-state index contributed by atoms with van der Waals surface area (Å²) in [4.78, 5) is 12.1. The number of rotatable bonds is 4. The average Bonchev–Trinajstić information content (AvgIpc) is 2.48. The number of amides is 1. The number of para-hydroxylation sites is 1. The van der Waals surface area contributed by atoms with Crippen LogP contribution in [0.25, 0.3) is 6.08 Å². The van der Waals surface area contributed by atoms with Gasteiger partial charge in [-0.3, -0.25) is 4.79 Å². The number of methoxy groups -OCH3 is 1. The third-order valence-electron chi connectivity index (χ3n) is 2.78. The number of benzene rings is 2. The van der Waals surface area contributed by atoms with Crippen molar-refractivity contribution in [2.24, 2.45) is 0 Å². The molecule has 0 aromatic heterocycles. The van der Waals surface area contributed by atoms with Gasteiger partial charge in [-0.05, 0) is 35.9 Å².